The van der Waals surface area contributed by atoms with Gasteiger partial charge in [0.15, 0.2) is 5.69 Å². The minimum atomic E-state index is -0.858. The standard InChI is InChI=1S/C18H20ClN3O3/c19-13-5-4-6-14(11-13)22-10-7-15(21-22)16(23)20-12-18(17(24)25)8-2-1-3-9-18/h4-7,10-11H,1-3,8-9,12H2,(H,20,23)(H,24,25). The van der Waals surface area contributed by atoms with Crippen molar-refractivity contribution < 1.29 is 14.7 Å². The molecule has 0 atom stereocenters. The lowest BCUT2D eigenvalue weighted by atomic mass is 9.74. The number of aromatic nitrogens is 2. The number of hydrogen-bond donors (Lipinski definition) is 2. The predicted molar refractivity (Wildman–Crippen MR) is 94.1 cm³/mol. The van der Waals surface area contributed by atoms with E-state index in [1.165, 1.54) is 0 Å². The molecule has 2 aromatic rings. The maximum atomic E-state index is 12.4. The van der Waals surface area contributed by atoms with Crippen LogP contribution in [0.3, 0.4) is 0 Å². The molecular weight excluding hydrogens is 342 g/mol. The summed E-state index contributed by atoms with van der Waals surface area (Å²) in [6, 6.07) is 8.75. The number of amides is 1. The van der Waals surface area contributed by atoms with Crippen LogP contribution in [0.2, 0.25) is 5.02 Å². The smallest absolute Gasteiger partial charge is 0.311 e. The summed E-state index contributed by atoms with van der Waals surface area (Å²) in [6.45, 7) is 0.130. The van der Waals surface area contributed by atoms with Crippen molar-refractivity contribution in [1.82, 2.24) is 15.1 Å². The molecule has 6 nitrogen and oxygen atoms in total. The number of halogens is 1. The molecule has 1 heterocycles. The van der Waals surface area contributed by atoms with Gasteiger partial charge in [-0.05, 0) is 37.1 Å². The molecule has 0 spiro atoms. The molecule has 2 N–H and O–H groups in total. The fourth-order valence-corrected chi connectivity index (χ4v) is 3.43. The SMILES string of the molecule is O=C(NCC1(C(=O)O)CCCCC1)c1ccn(-c2cccc(Cl)c2)n1. The third-order valence-corrected chi connectivity index (χ3v) is 4.98. The molecule has 132 valence electrons. The van der Waals surface area contributed by atoms with E-state index in [9.17, 15) is 14.7 Å². The molecule has 1 aromatic heterocycles. The van der Waals surface area contributed by atoms with E-state index in [1.807, 2.05) is 6.07 Å². The van der Waals surface area contributed by atoms with Gasteiger partial charge in [-0.2, -0.15) is 5.10 Å². The van der Waals surface area contributed by atoms with Crippen LogP contribution in [0.25, 0.3) is 5.69 Å². The first kappa shape index (κ1) is 17.5. The largest absolute Gasteiger partial charge is 0.481 e. The number of benzene rings is 1. The van der Waals surface area contributed by atoms with Crippen LogP contribution < -0.4 is 5.32 Å². The van der Waals surface area contributed by atoms with Crippen molar-refractivity contribution in [2.24, 2.45) is 5.41 Å². The van der Waals surface area contributed by atoms with Crippen molar-refractivity contribution in [2.75, 3.05) is 6.54 Å². The number of aliphatic carboxylic acids is 1. The fraction of sp³-hybridized carbons (Fsp3) is 0.389. The number of carbonyl (C=O) groups is 2. The van der Waals surface area contributed by atoms with E-state index in [4.69, 9.17) is 11.6 Å². The highest BCUT2D eigenvalue weighted by Gasteiger charge is 2.39. The van der Waals surface area contributed by atoms with Gasteiger partial charge in [0.25, 0.3) is 5.91 Å². The summed E-state index contributed by atoms with van der Waals surface area (Å²) >= 11 is 5.97. The molecule has 0 radical (unpaired) electrons. The third-order valence-electron chi connectivity index (χ3n) is 4.75. The van der Waals surface area contributed by atoms with Crippen molar-refractivity contribution in [2.45, 2.75) is 32.1 Å². The van der Waals surface area contributed by atoms with Crippen LogP contribution in [0.1, 0.15) is 42.6 Å². The summed E-state index contributed by atoms with van der Waals surface area (Å²) in [5, 5.41) is 17.1. The molecule has 1 aliphatic rings. The number of hydrogen-bond acceptors (Lipinski definition) is 3. The van der Waals surface area contributed by atoms with Gasteiger partial charge in [0.1, 0.15) is 0 Å². The van der Waals surface area contributed by atoms with Crippen LogP contribution in [0, 0.1) is 5.41 Å². The fourth-order valence-electron chi connectivity index (χ4n) is 3.24. The number of carboxylic acids is 1. The zero-order valence-corrected chi connectivity index (χ0v) is 14.5. The van der Waals surface area contributed by atoms with E-state index in [0.717, 1.165) is 24.9 Å². The molecule has 0 saturated heterocycles. The van der Waals surface area contributed by atoms with Gasteiger partial charge in [-0.15, -0.1) is 0 Å². The minimum Gasteiger partial charge on any atom is -0.481 e. The van der Waals surface area contributed by atoms with E-state index in [-0.39, 0.29) is 18.1 Å². The molecular formula is C18H20ClN3O3. The van der Waals surface area contributed by atoms with Crippen molar-refractivity contribution in [3.05, 3.63) is 47.2 Å². The second-order valence-corrected chi connectivity index (χ2v) is 6.89. The molecule has 0 bridgehead atoms. The number of rotatable bonds is 5. The van der Waals surface area contributed by atoms with Crippen LogP contribution in [0.5, 0.6) is 0 Å². The van der Waals surface area contributed by atoms with E-state index in [1.54, 1.807) is 35.1 Å². The van der Waals surface area contributed by atoms with Gasteiger partial charge in [0.2, 0.25) is 0 Å². The third kappa shape index (κ3) is 3.85. The molecule has 1 aliphatic carbocycles. The van der Waals surface area contributed by atoms with E-state index < -0.39 is 11.4 Å². The number of carbonyl (C=O) groups excluding carboxylic acids is 1. The maximum Gasteiger partial charge on any atom is 0.311 e. The van der Waals surface area contributed by atoms with E-state index in [2.05, 4.69) is 10.4 Å². The van der Waals surface area contributed by atoms with Gasteiger partial charge in [0, 0.05) is 17.8 Å². The van der Waals surface area contributed by atoms with Crippen LogP contribution in [0.15, 0.2) is 36.5 Å². The monoisotopic (exact) mass is 361 g/mol. The normalized spacial score (nSPS) is 16.4. The Labute approximate surface area is 150 Å². The Balaban J connectivity index is 1.68. The summed E-state index contributed by atoms with van der Waals surface area (Å²) < 4.78 is 1.56. The molecule has 7 heteroatoms. The van der Waals surface area contributed by atoms with Crippen LogP contribution in [-0.2, 0) is 4.79 Å². The highest BCUT2D eigenvalue weighted by Crippen LogP contribution is 2.36. The van der Waals surface area contributed by atoms with E-state index in [0.29, 0.717) is 17.9 Å². The van der Waals surface area contributed by atoms with Crippen molar-refractivity contribution in [3.63, 3.8) is 0 Å². The second-order valence-electron chi connectivity index (χ2n) is 6.45. The van der Waals surface area contributed by atoms with Gasteiger partial charge < -0.3 is 10.4 Å². The molecule has 3 rings (SSSR count). The second kappa shape index (κ2) is 7.27. The average molecular weight is 362 g/mol. The summed E-state index contributed by atoms with van der Waals surface area (Å²) in [4.78, 5) is 24.0. The zero-order chi connectivity index (χ0) is 17.9. The summed E-state index contributed by atoms with van der Waals surface area (Å²) in [7, 11) is 0. The Hall–Kier alpha value is -2.34. The van der Waals surface area contributed by atoms with Crippen LogP contribution in [0.4, 0.5) is 0 Å². The topological polar surface area (TPSA) is 84.2 Å². The first-order valence-electron chi connectivity index (χ1n) is 8.33. The predicted octanol–water partition coefficient (Wildman–Crippen LogP) is 3.29. The minimum absolute atomic E-state index is 0.130. The Morgan fingerprint density at radius 2 is 2.00 bits per heavy atom. The summed E-state index contributed by atoms with van der Waals surface area (Å²) in [5.74, 6) is -1.20. The quantitative estimate of drug-likeness (QED) is 0.855. The molecule has 1 amide bonds. The Bertz CT molecular complexity index is 781. The lowest BCUT2D eigenvalue weighted by molar-refractivity contribution is -0.150. The Morgan fingerprint density at radius 1 is 1.24 bits per heavy atom. The van der Waals surface area contributed by atoms with Gasteiger partial charge in [0.05, 0.1) is 11.1 Å². The highest BCUT2D eigenvalue weighted by molar-refractivity contribution is 6.30. The number of nitrogens with one attached hydrogen (secondary N) is 1. The Morgan fingerprint density at radius 3 is 2.68 bits per heavy atom. The van der Waals surface area contributed by atoms with Gasteiger partial charge >= 0.3 is 5.97 Å². The van der Waals surface area contributed by atoms with Gasteiger partial charge in [-0.3, -0.25) is 9.59 Å². The maximum absolute atomic E-state index is 12.4. The zero-order valence-electron chi connectivity index (χ0n) is 13.7. The van der Waals surface area contributed by atoms with Crippen molar-refractivity contribution in [3.8, 4) is 5.69 Å². The number of carboxylic acid groups (broad SMARTS) is 1. The van der Waals surface area contributed by atoms with Crippen molar-refractivity contribution in [1.29, 1.82) is 0 Å². The lowest BCUT2D eigenvalue weighted by Crippen LogP contribution is -2.44. The Kier molecular flexibility index (Phi) is 5.08. The molecule has 1 fully saturated rings. The van der Waals surface area contributed by atoms with E-state index >= 15 is 0 Å². The van der Waals surface area contributed by atoms with Crippen LogP contribution in [-0.4, -0.2) is 33.3 Å². The summed E-state index contributed by atoms with van der Waals surface area (Å²) in [5.41, 5.74) is 0.140. The molecule has 0 unspecified atom stereocenters. The highest BCUT2D eigenvalue weighted by atomic mass is 35.5. The molecule has 0 aliphatic heterocycles. The molecule has 1 aromatic carbocycles. The molecule has 1 saturated carbocycles. The van der Waals surface area contributed by atoms with Gasteiger partial charge in [-0.1, -0.05) is 36.9 Å². The molecule has 25 heavy (non-hydrogen) atoms. The van der Waals surface area contributed by atoms with Gasteiger partial charge in [-0.25, -0.2) is 4.68 Å². The average Bonchev–Trinajstić information content (AvgIpc) is 3.10. The lowest BCUT2D eigenvalue weighted by Gasteiger charge is -2.33. The first-order valence-corrected chi connectivity index (χ1v) is 8.71. The first-order chi connectivity index (χ1) is 12.0. The summed E-state index contributed by atoms with van der Waals surface area (Å²) in [6.07, 6.45) is 5.68. The number of nitrogens with zero attached hydrogens (tertiary/aromatic N) is 2. The van der Waals surface area contributed by atoms with Crippen LogP contribution >= 0.6 is 11.6 Å². The van der Waals surface area contributed by atoms with Crippen molar-refractivity contribution >= 4 is 23.5 Å².